The molecule has 6 nitrogen and oxygen atoms in total. The Kier molecular flexibility index (Phi) is 3.04. The number of aromatic nitrogens is 2. The maximum atomic E-state index is 12.0. The Bertz CT molecular complexity index is 626. The van der Waals surface area contributed by atoms with Crippen LogP contribution >= 0.6 is 11.3 Å². The van der Waals surface area contributed by atoms with Gasteiger partial charge in [-0.3, -0.25) is 4.79 Å². The minimum absolute atomic E-state index is 0.175. The lowest BCUT2D eigenvalue weighted by molar-refractivity contribution is 0.0950. The van der Waals surface area contributed by atoms with Crippen LogP contribution in [0, 0.1) is 6.92 Å². The normalized spacial score (nSPS) is 12.5. The van der Waals surface area contributed by atoms with E-state index in [9.17, 15) is 4.79 Å². The molecule has 0 atom stereocenters. The van der Waals surface area contributed by atoms with Crippen molar-refractivity contribution in [1.82, 2.24) is 15.5 Å². The summed E-state index contributed by atoms with van der Waals surface area (Å²) in [6.45, 7) is 2.45. The quantitative estimate of drug-likeness (QED) is 0.920. The average molecular weight is 277 g/mol. The number of fused-ring (bicyclic) bond motifs is 1. The third-order valence-electron chi connectivity index (χ3n) is 2.60. The highest BCUT2D eigenvalue weighted by Crippen LogP contribution is 2.32. The second-order valence-corrected chi connectivity index (χ2v) is 5.23. The van der Waals surface area contributed by atoms with E-state index in [1.54, 1.807) is 18.2 Å². The maximum absolute atomic E-state index is 12.0. The minimum Gasteiger partial charge on any atom is -0.454 e. The molecule has 0 aliphatic carbocycles. The third kappa shape index (κ3) is 2.50. The highest BCUT2D eigenvalue weighted by Gasteiger charge is 2.16. The van der Waals surface area contributed by atoms with E-state index in [0.717, 1.165) is 10.0 Å². The SMILES string of the molecule is Cc1nnc(CNC(=O)c2ccc3c(c2)OCO3)s1. The fourth-order valence-corrected chi connectivity index (χ4v) is 2.35. The molecule has 0 spiro atoms. The lowest BCUT2D eigenvalue weighted by Gasteiger charge is -2.03. The fraction of sp³-hybridized carbons (Fsp3) is 0.250. The number of carbonyl (C=O) groups is 1. The van der Waals surface area contributed by atoms with Crippen LogP contribution in [-0.2, 0) is 6.54 Å². The van der Waals surface area contributed by atoms with Gasteiger partial charge in [-0.2, -0.15) is 0 Å². The van der Waals surface area contributed by atoms with Crippen molar-refractivity contribution in [3.05, 3.63) is 33.8 Å². The number of hydrogen-bond donors (Lipinski definition) is 1. The molecular formula is C12H11N3O3S. The van der Waals surface area contributed by atoms with Crippen molar-refractivity contribution >= 4 is 17.2 Å². The molecule has 7 heteroatoms. The first-order valence-corrected chi connectivity index (χ1v) is 6.51. The number of ether oxygens (including phenoxy) is 2. The van der Waals surface area contributed by atoms with E-state index in [2.05, 4.69) is 15.5 Å². The first-order valence-electron chi connectivity index (χ1n) is 5.69. The molecule has 1 aromatic heterocycles. The van der Waals surface area contributed by atoms with Gasteiger partial charge in [0.2, 0.25) is 6.79 Å². The summed E-state index contributed by atoms with van der Waals surface area (Å²) in [6.07, 6.45) is 0. The van der Waals surface area contributed by atoms with Crippen LogP contribution in [0.2, 0.25) is 0 Å². The molecule has 2 heterocycles. The Labute approximate surface area is 113 Å². The molecule has 1 aliphatic heterocycles. The van der Waals surface area contributed by atoms with Gasteiger partial charge in [0.25, 0.3) is 5.91 Å². The summed E-state index contributed by atoms with van der Waals surface area (Å²) in [4.78, 5) is 12.0. The summed E-state index contributed by atoms with van der Waals surface area (Å²) >= 11 is 1.46. The average Bonchev–Trinajstić information content (AvgIpc) is 3.03. The summed E-state index contributed by atoms with van der Waals surface area (Å²) in [5.74, 6) is 1.09. The Hall–Kier alpha value is -2.15. The smallest absolute Gasteiger partial charge is 0.251 e. The zero-order valence-corrected chi connectivity index (χ0v) is 11.0. The van der Waals surface area contributed by atoms with Gasteiger partial charge >= 0.3 is 0 Å². The number of rotatable bonds is 3. The number of amides is 1. The molecule has 1 N–H and O–H groups in total. The molecule has 2 aromatic rings. The first-order chi connectivity index (χ1) is 9.22. The van der Waals surface area contributed by atoms with E-state index < -0.39 is 0 Å². The third-order valence-corrected chi connectivity index (χ3v) is 3.44. The van der Waals surface area contributed by atoms with Crippen LogP contribution in [0.4, 0.5) is 0 Å². The van der Waals surface area contributed by atoms with Crippen molar-refractivity contribution in [2.45, 2.75) is 13.5 Å². The number of benzene rings is 1. The summed E-state index contributed by atoms with van der Waals surface area (Å²) < 4.78 is 10.4. The van der Waals surface area contributed by atoms with E-state index in [0.29, 0.717) is 23.6 Å². The van der Waals surface area contributed by atoms with E-state index >= 15 is 0 Å². The molecule has 0 unspecified atom stereocenters. The van der Waals surface area contributed by atoms with Gasteiger partial charge in [-0.1, -0.05) is 11.3 Å². The lowest BCUT2D eigenvalue weighted by Crippen LogP contribution is -2.22. The Balaban J connectivity index is 1.67. The zero-order chi connectivity index (χ0) is 13.2. The van der Waals surface area contributed by atoms with Gasteiger partial charge in [0, 0.05) is 5.56 Å². The van der Waals surface area contributed by atoms with Crippen molar-refractivity contribution in [1.29, 1.82) is 0 Å². The predicted octanol–water partition coefficient (Wildman–Crippen LogP) is 1.51. The molecule has 0 bridgehead atoms. The summed E-state index contributed by atoms with van der Waals surface area (Å²) in [7, 11) is 0. The first kappa shape index (κ1) is 11.9. The minimum atomic E-state index is -0.175. The van der Waals surface area contributed by atoms with Crippen molar-refractivity contribution < 1.29 is 14.3 Å². The van der Waals surface area contributed by atoms with Gasteiger partial charge in [0.15, 0.2) is 11.5 Å². The van der Waals surface area contributed by atoms with Crippen LogP contribution in [-0.4, -0.2) is 22.9 Å². The van der Waals surface area contributed by atoms with Crippen molar-refractivity contribution in [2.75, 3.05) is 6.79 Å². The van der Waals surface area contributed by atoms with E-state index in [4.69, 9.17) is 9.47 Å². The molecule has 19 heavy (non-hydrogen) atoms. The zero-order valence-electron chi connectivity index (χ0n) is 10.2. The fourth-order valence-electron chi connectivity index (χ4n) is 1.70. The highest BCUT2D eigenvalue weighted by atomic mass is 32.1. The molecule has 1 amide bonds. The molecule has 3 rings (SSSR count). The van der Waals surface area contributed by atoms with Gasteiger partial charge in [0.1, 0.15) is 10.0 Å². The number of hydrogen-bond acceptors (Lipinski definition) is 6. The van der Waals surface area contributed by atoms with Crippen molar-refractivity contribution in [2.24, 2.45) is 0 Å². The predicted molar refractivity (Wildman–Crippen MR) is 68.4 cm³/mol. The Morgan fingerprint density at radius 3 is 3.00 bits per heavy atom. The molecule has 0 saturated heterocycles. The van der Waals surface area contributed by atoms with Crippen molar-refractivity contribution in [3.63, 3.8) is 0 Å². The molecule has 98 valence electrons. The van der Waals surface area contributed by atoms with Gasteiger partial charge in [-0.25, -0.2) is 0 Å². The van der Waals surface area contributed by atoms with Gasteiger partial charge in [-0.05, 0) is 25.1 Å². The van der Waals surface area contributed by atoms with Crippen LogP contribution in [0.3, 0.4) is 0 Å². The van der Waals surface area contributed by atoms with Gasteiger partial charge in [-0.15, -0.1) is 10.2 Å². The maximum Gasteiger partial charge on any atom is 0.251 e. The second-order valence-electron chi connectivity index (χ2n) is 3.97. The molecule has 0 radical (unpaired) electrons. The highest BCUT2D eigenvalue weighted by molar-refractivity contribution is 7.11. The standard InChI is InChI=1S/C12H11N3O3S/c1-7-14-15-11(19-7)5-13-12(16)8-2-3-9-10(4-8)18-6-17-9/h2-4H,5-6H2,1H3,(H,13,16). The monoisotopic (exact) mass is 277 g/mol. The Morgan fingerprint density at radius 2 is 2.21 bits per heavy atom. The van der Waals surface area contributed by atoms with Gasteiger partial charge < -0.3 is 14.8 Å². The molecule has 0 fully saturated rings. The topological polar surface area (TPSA) is 73.3 Å². The second kappa shape index (κ2) is 4.85. The molecule has 1 aliphatic rings. The van der Waals surface area contributed by atoms with Crippen LogP contribution in [0.5, 0.6) is 11.5 Å². The summed E-state index contributed by atoms with van der Waals surface area (Å²) in [5, 5.41) is 12.3. The van der Waals surface area contributed by atoms with Crippen LogP contribution < -0.4 is 14.8 Å². The number of nitrogens with zero attached hydrogens (tertiary/aromatic N) is 2. The largest absolute Gasteiger partial charge is 0.454 e. The molecular weight excluding hydrogens is 266 g/mol. The molecule has 0 saturated carbocycles. The van der Waals surface area contributed by atoms with E-state index in [1.165, 1.54) is 11.3 Å². The summed E-state index contributed by atoms with van der Waals surface area (Å²) in [6, 6.07) is 5.10. The summed E-state index contributed by atoms with van der Waals surface area (Å²) in [5.41, 5.74) is 0.533. The van der Waals surface area contributed by atoms with Gasteiger partial charge in [0.05, 0.1) is 6.54 Å². The van der Waals surface area contributed by atoms with E-state index in [-0.39, 0.29) is 12.7 Å². The number of nitrogens with one attached hydrogen (secondary N) is 1. The molecule has 1 aromatic carbocycles. The van der Waals surface area contributed by atoms with Crippen LogP contribution in [0.15, 0.2) is 18.2 Å². The van der Waals surface area contributed by atoms with Crippen LogP contribution in [0.25, 0.3) is 0 Å². The number of aryl methyl sites for hydroxylation is 1. The lowest BCUT2D eigenvalue weighted by atomic mass is 10.2. The van der Waals surface area contributed by atoms with Crippen LogP contribution in [0.1, 0.15) is 20.4 Å². The van der Waals surface area contributed by atoms with Crippen molar-refractivity contribution in [3.8, 4) is 11.5 Å². The number of carbonyl (C=O) groups excluding carboxylic acids is 1. The van der Waals surface area contributed by atoms with E-state index in [1.807, 2.05) is 6.92 Å². The Morgan fingerprint density at radius 1 is 1.37 bits per heavy atom.